The van der Waals surface area contributed by atoms with Gasteiger partial charge in [0.1, 0.15) is 0 Å². The number of hydrogen-bond acceptors (Lipinski definition) is 2. The molecule has 1 fully saturated rings. The molecule has 0 bridgehead atoms. The van der Waals surface area contributed by atoms with E-state index in [-0.39, 0.29) is 12.1 Å². The van der Waals surface area contributed by atoms with Crippen molar-refractivity contribution in [3.05, 3.63) is 28.2 Å². The maximum absolute atomic E-state index is 12.1. The van der Waals surface area contributed by atoms with Gasteiger partial charge in [0, 0.05) is 10.5 Å². The van der Waals surface area contributed by atoms with Crippen LogP contribution in [0.1, 0.15) is 31.7 Å². The van der Waals surface area contributed by atoms with E-state index in [4.69, 9.17) is 0 Å². The number of benzene rings is 1. The van der Waals surface area contributed by atoms with E-state index in [9.17, 15) is 14.7 Å². The van der Waals surface area contributed by atoms with Gasteiger partial charge in [-0.15, -0.1) is 0 Å². The van der Waals surface area contributed by atoms with Gasteiger partial charge in [-0.25, -0.2) is 4.79 Å². The molecule has 1 aliphatic rings. The average molecular weight is 355 g/mol. The highest BCUT2D eigenvalue weighted by molar-refractivity contribution is 9.10. The van der Waals surface area contributed by atoms with Crippen molar-refractivity contribution >= 4 is 33.6 Å². The van der Waals surface area contributed by atoms with E-state index in [0.29, 0.717) is 18.5 Å². The van der Waals surface area contributed by atoms with Crippen molar-refractivity contribution in [2.24, 2.45) is 5.41 Å². The lowest BCUT2D eigenvalue weighted by molar-refractivity contribution is -0.148. The Morgan fingerprint density at radius 3 is 2.76 bits per heavy atom. The van der Waals surface area contributed by atoms with Crippen LogP contribution in [0, 0.1) is 12.3 Å². The zero-order chi connectivity index (χ0) is 15.6. The molecule has 0 saturated heterocycles. The second kappa shape index (κ2) is 6.05. The third-order valence-electron chi connectivity index (χ3n) is 4.12. The van der Waals surface area contributed by atoms with Crippen LogP contribution in [-0.4, -0.2) is 23.1 Å². The Hall–Kier alpha value is -1.56. The van der Waals surface area contributed by atoms with E-state index in [1.54, 1.807) is 6.92 Å². The molecule has 5 nitrogen and oxygen atoms in total. The number of aliphatic carboxylic acids is 1. The van der Waals surface area contributed by atoms with E-state index in [1.165, 1.54) is 0 Å². The topological polar surface area (TPSA) is 78.4 Å². The summed E-state index contributed by atoms with van der Waals surface area (Å²) in [6, 6.07) is 4.90. The van der Waals surface area contributed by atoms with Gasteiger partial charge in [0.25, 0.3) is 0 Å². The highest BCUT2D eigenvalue weighted by Crippen LogP contribution is 2.38. The van der Waals surface area contributed by atoms with Crippen LogP contribution in [0.3, 0.4) is 0 Å². The minimum atomic E-state index is -0.887. The number of aryl methyl sites for hydroxylation is 1. The number of amides is 2. The molecule has 21 heavy (non-hydrogen) atoms. The molecule has 0 aliphatic heterocycles. The number of rotatable bonds is 3. The Labute approximate surface area is 132 Å². The fourth-order valence-electron chi connectivity index (χ4n) is 2.69. The van der Waals surface area contributed by atoms with Crippen molar-refractivity contribution in [1.82, 2.24) is 5.32 Å². The van der Waals surface area contributed by atoms with Gasteiger partial charge in [-0.2, -0.15) is 0 Å². The van der Waals surface area contributed by atoms with Crippen molar-refractivity contribution < 1.29 is 14.7 Å². The fraction of sp³-hybridized carbons (Fsp3) is 0.467. The average Bonchev–Trinajstić information content (AvgIpc) is 2.76. The van der Waals surface area contributed by atoms with Crippen molar-refractivity contribution in [3.8, 4) is 0 Å². The largest absolute Gasteiger partial charge is 0.481 e. The molecule has 2 unspecified atom stereocenters. The predicted octanol–water partition coefficient (Wildman–Crippen LogP) is 3.52. The van der Waals surface area contributed by atoms with Crippen LogP contribution in [0.4, 0.5) is 10.5 Å². The molecule has 1 aromatic rings. The van der Waals surface area contributed by atoms with Gasteiger partial charge in [-0.05, 0) is 60.3 Å². The number of carboxylic acids is 1. The zero-order valence-electron chi connectivity index (χ0n) is 12.1. The van der Waals surface area contributed by atoms with Crippen LogP contribution in [-0.2, 0) is 4.79 Å². The molecule has 0 aromatic heterocycles. The van der Waals surface area contributed by atoms with Crippen molar-refractivity contribution in [2.75, 3.05) is 5.32 Å². The zero-order valence-corrected chi connectivity index (χ0v) is 13.7. The molecular weight excluding hydrogens is 336 g/mol. The lowest BCUT2D eigenvalue weighted by Gasteiger charge is -2.27. The molecule has 3 N–H and O–H groups in total. The second-order valence-corrected chi connectivity index (χ2v) is 6.60. The van der Waals surface area contributed by atoms with Gasteiger partial charge in [0.2, 0.25) is 0 Å². The van der Waals surface area contributed by atoms with E-state index in [1.807, 2.05) is 25.1 Å². The molecule has 0 radical (unpaired) electrons. The standard InChI is InChI=1S/C15H19BrN2O3/c1-9-5-6-11(10(16)8-9)17-14(21)18-12-4-3-7-15(12,2)13(19)20/h5-6,8,12H,3-4,7H2,1-2H3,(H,19,20)(H2,17,18,21). The fourth-order valence-corrected chi connectivity index (χ4v) is 3.28. The monoisotopic (exact) mass is 354 g/mol. The summed E-state index contributed by atoms with van der Waals surface area (Å²) in [6.07, 6.45) is 2.08. The Morgan fingerprint density at radius 1 is 1.43 bits per heavy atom. The van der Waals surface area contributed by atoms with Gasteiger partial charge in [0.05, 0.1) is 11.1 Å². The van der Waals surface area contributed by atoms with Gasteiger partial charge in [0.15, 0.2) is 0 Å². The minimum absolute atomic E-state index is 0.348. The first-order valence-corrected chi connectivity index (χ1v) is 7.69. The molecule has 2 atom stereocenters. The lowest BCUT2D eigenvalue weighted by atomic mass is 9.85. The summed E-state index contributed by atoms with van der Waals surface area (Å²) >= 11 is 3.40. The summed E-state index contributed by atoms with van der Waals surface area (Å²) in [6.45, 7) is 3.65. The van der Waals surface area contributed by atoms with Crippen LogP contribution in [0.2, 0.25) is 0 Å². The molecular formula is C15H19BrN2O3. The van der Waals surface area contributed by atoms with E-state index < -0.39 is 11.4 Å². The number of anilines is 1. The smallest absolute Gasteiger partial charge is 0.319 e. The third-order valence-corrected chi connectivity index (χ3v) is 4.78. The molecule has 6 heteroatoms. The summed E-state index contributed by atoms with van der Waals surface area (Å²) < 4.78 is 0.796. The summed E-state index contributed by atoms with van der Waals surface area (Å²) in [5.74, 6) is -0.859. The maximum Gasteiger partial charge on any atom is 0.319 e. The van der Waals surface area contributed by atoms with E-state index in [2.05, 4.69) is 26.6 Å². The van der Waals surface area contributed by atoms with Crippen molar-refractivity contribution in [2.45, 2.75) is 39.2 Å². The Morgan fingerprint density at radius 2 is 2.14 bits per heavy atom. The molecule has 114 valence electrons. The number of nitrogens with one attached hydrogen (secondary N) is 2. The predicted molar refractivity (Wildman–Crippen MR) is 84.4 cm³/mol. The van der Waals surface area contributed by atoms with Gasteiger partial charge in [-0.3, -0.25) is 4.79 Å². The molecule has 0 spiro atoms. The van der Waals surface area contributed by atoms with Crippen LogP contribution in [0.5, 0.6) is 0 Å². The molecule has 2 rings (SSSR count). The highest BCUT2D eigenvalue weighted by Gasteiger charge is 2.45. The van der Waals surface area contributed by atoms with Crippen molar-refractivity contribution in [3.63, 3.8) is 0 Å². The summed E-state index contributed by atoms with van der Waals surface area (Å²) in [5.41, 5.74) is 0.859. The molecule has 2 amide bonds. The molecule has 0 heterocycles. The number of hydrogen-bond donors (Lipinski definition) is 3. The summed E-state index contributed by atoms with van der Waals surface area (Å²) in [7, 11) is 0. The molecule has 1 aliphatic carbocycles. The van der Waals surface area contributed by atoms with Crippen LogP contribution in [0.25, 0.3) is 0 Å². The third kappa shape index (κ3) is 3.37. The number of urea groups is 1. The SMILES string of the molecule is Cc1ccc(NC(=O)NC2CCCC2(C)C(=O)O)c(Br)c1. The Balaban J connectivity index is 2.03. The minimum Gasteiger partial charge on any atom is -0.481 e. The van der Waals surface area contributed by atoms with Crippen molar-refractivity contribution in [1.29, 1.82) is 0 Å². The van der Waals surface area contributed by atoms with Gasteiger partial charge >= 0.3 is 12.0 Å². The molecule has 1 saturated carbocycles. The van der Waals surface area contributed by atoms with E-state index in [0.717, 1.165) is 16.5 Å². The van der Waals surface area contributed by atoms with Gasteiger partial charge < -0.3 is 15.7 Å². The Bertz CT molecular complexity index is 576. The number of carbonyl (C=O) groups is 2. The molecule has 1 aromatic carbocycles. The first-order valence-electron chi connectivity index (χ1n) is 6.90. The van der Waals surface area contributed by atoms with Crippen LogP contribution >= 0.6 is 15.9 Å². The number of halogens is 1. The van der Waals surface area contributed by atoms with Crippen LogP contribution < -0.4 is 10.6 Å². The lowest BCUT2D eigenvalue weighted by Crippen LogP contribution is -2.48. The highest BCUT2D eigenvalue weighted by atomic mass is 79.9. The normalized spacial score (nSPS) is 24.6. The Kier molecular flexibility index (Phi) is 4.56. The first kappa shape index (κ1) is 15.8. The first-order chi connectivity index (χ1) is 9.83. The van der Waals surface area contributed by atoms with Crippen LogP contribution in [0.15, 0.2) is 22.7 Å². The van der Waals surface area contributed by atoms with Gasteiger partial charge in [-0.1, -0.05) is 12.5 Å². The second-order valence-electron chi connectivity index (χ2n) is 5.75. The summed E-state index contributed by atoms with van der Waals surface area (Å²) in [4.78, 5) is 23.5. The summed E-state index contributed by atoms with van der Waals surface area (Å²) in [5, 5.41) is 14.9. The quantitative estimate of drug-likeness (QED) is 0.776. The maximum atomic E-state index is 12.1. The number of carboxylic acid groups (broad SMARTS) is 1. The number of carbonyl (C=O) groups excluding carboxylic acids is 1. The van der Waals surface area contributed by atoms with E-state index >= 15 is 0 Å².